The van der Waals surface area contributed by atoms with Crippen LogP contribution in [-0.2, 0) is 15.6 Å². The third-order valence-electron chi connectivity index (χ3n) is 3.66. The number of phenols is 1. The summed E-state index contributed by atoms with van der Waals surface area (Å²) in [6, 6.07) is 13.0. The quantitative estimate of drug-likeness (QED) is 0.765. The van der Waals surface area contributed by atoms with Gasteiger partial charge in [0.05, 0.1) is 25.4 Å². The van der Waals surface area contributed by atoms with E-state index in [1.54, 1.807) is 36.4 Å². The Morgan fingerprint density at radius 2 is 1.92 bits per heavy atom. The Bertz CT molecular complexity index is 943. The lowest BCUT2D eigenvalue weighted by atomic mass is 10.1. The van der Waals surface area contributed by atoms with Gasteiger partial charge in [0.2, 0.25) is 0 Å². The monoisotopic (exact) mass is 344 g/mol. The van der Waals surface area contributed by atoms with Crippen molar-refractivity contribution in [3.8, 4) is 22.6 Å². The van der Waals surface area contributed by atoms with Crippen molar-refractivity contribution in [3.05, 3.63) is 66.6 Å². The van der Waals surface area contributed by atoms with E-state index in [-0.39, 0.29) is 16.4 Å². The molecular formula is C18H16O5S. The van der Waals surface area contributed by atoms with Crippen molar-refractivity contribution in [3.63, 3.8) is 0 Å². The van der Waals surface area contributed by atoms with Crippen LogP contribution in [0.5, 0.6) is 11.5 Å². The SMILES string of the molecule is COc1ccccc1S(=O)(=O)Cc1ccc(-c2ccoc2)c(O)c1. The normalized spacial score (nSPS) is 11.4. The van der Waals surface area contributed by atoms with E-state index < -0.39 is 9.84 Å². The standard InChI is InChI=1S/C18H16O5S/c1-22-17-4-2-3-5-18(17)24(20,21)12-13-6-7-15(16(19)10-13)14-8-9-23-11-14/h2-11,19H,12H2,1H3. The van der Waals surface area contributed by atoms with Crippen LogP contribution < -0.4 is 4.74 Å². The Hall–Kier alpha value is -2.73. The number of furan rings is 1. The highest BCUT2D eigenvalue weighted by molar-refractivity contribution is 7.90. The van der Waals surface area contributed by atoms with Crippen LogP contribution in [0.3, 0.4) is 0 Å². The van der Waals surface area contributed by atoms with Crippen LogP contribution in [0.15, 0.2) is 70.4 Å². The van der Waals surface area contributed by atoms with Crippen LogP contribution in [0.1, 0.15) is 5.56 Å². The highest BCUT2D eigenvalue weighted by atomic mass is 32.2. The second-order valence-electron chi connectivity index (χ2n) is 5.27. The average Bonchev–Trinajstić information content (AvgIpc) is 3.08. The van der Waals surface area contributed by atoms with E-state index in [2.05, 4.69) is 0 Å². The molecule has 0 saturated carbocycles. The molecule has 0 aliphatic carbocycles. The molecule has 1 N–H and O–H groups in total. The Labute approximate surface area is 140 Å². The van der Waals surface area contributed by atoms with Crippen molar-refractivity contribution in [2.24, 2.45) is 0 Å². The molecule has 0 fully saturated rings. The summed E-state index contributed by atoms with van der Waals surface area (Å²) >= 11 is 0. The molecule has 1 aromatic heterocycles. The first-order valence-electron chi connectivity index (χ1n) is 7.21. The lowest BCUT2D eigenvalue weighted by molar-refractivity contribution is 0.402. The fourth-order valence-corrected chi connectivity index (χ4v) is 4.02. The molecule has 0 aliphatic rings. The summed E-state index contributed by atoms with van der Waals surface area (Å²) in [6.45, 7) is 0. The predicted molar refractivity (Wildman–Crippen MR) is 89.7 cm³/mol. The first kappa shape index (κ1) is 16.1. The summed E-state index contributed by atoms with van der Waals surface area (Å²) in [5.74, 6) is 0.0768. The van der Waals surface area contributed by atoms with Gasteiger partial charge in [-0.05, 0) is 29.8 Å². The molecule has 0 unspecified atom stereocenters. The molecule has 0 saturated heterocycles. The number of rotatable bonds is 5. The first-order chi connectivity index (χ1) is 11.5. The molecule has 3 aromatic rings. The maximum Gasteiger partial charge on any atom is 0.186 e. The molecule has 5 nitrogen and oxygen atoms in total. The van der Waals surface area contributed by atoms with Crippen LogP contribution in [0.25, 0.3) is 11.1 Å². The molecule has 0 amide bonds. The molecule has 0 bridgehead atoms. The van der Waals surface area contributed by atoms with Crippen molar-refractivity contribution < 1.29 is 22.7 Å². The summed E-state index contributed by atoms with van der Waals surface area (Å²) in [7, 11) is -2.16. The average molecular weight is 344 g/mol. The minimum absolute atomic E-state index is 0.00382. The van der Waals surface area contributed by atoms with E-state index in [1.807, 2.05) is 0 Å². The van der Waals surface area contributed by atoms with E-state index in [4.69, 9.17) is 9.15 Å². The highest BCUT2D eigenvalue weighted by Crippen LogP contribution is 2.32. The lowest BCUT2D eigenvalue weighted by Crippen LogP contribution is -2.06. The van der Waals surface area contributed by atoms with Crippen LogP contribution in [0.2, 0.25) is 0 Å². The van der Waals surface area contributed by atoms with Gasteiger partial charge in [0.25, 0.3) is 0 Å². The predicted octanol–water partition coefficient (Wildman–Crippen LogP) is 3.63. The smallest absolute Gasteiger partial charge is 0.186 e. The molecule has 2 aromatic carbocycles. The number of para-hydroxylation sites is 1. The van der Waals surface area contributed by atoms with Crippen LogP contribution in [0.4, 0.5) is 0 Å². The summed E-state index contributed by atoms with van der Waals surface area (Å²) in [5.41, 5.74) is 1.81. The number of methoxy groups -OCH3 is 1. The number of aromatic hydroxyl groups is 1. The maximum atomic E-state index is 12.6. The van der Waals surface area contributed by atoms with Gasteiger partial charge in [-0.1, -0.05) is 24.3 Å². The zero-order valence-electron chi connectivity index (χ0n) is 13.0. The maximum absolute atomic E-state index is 12.6. The van der Waals surface area contributed by atoms with Gasteiger partial charge in [0.1, 0.15) is 16.4 Å². The molecule has 0 aliphatic heterocycles. The molecular weight excluding hydrogens is 328 g/mol. The van der Waals surface area contributed by atoms with Gasteiger partial charge in [-0.25, -0.2) is 8.42 Å². The van der Waals surface area contributed by atoms with E-state index in [9.17, 15) is 13.5 Å². The van der Waals surface area contributed by atoms with E-state index in [0.29, 0.717) is 16.9 Å². The molecule has 3 rings (SSSR count). The van der Waals surface area contributed by atoms with E-state index in [1.165, 1.54) is 31.8 Å². The van der Waals surface area contributed by atoms with Gasteiger partial charge in [-0.2, -0.15) is 0 Å². The lowest BCUT2D eigenvalue weighted by Gasteiger charge is -2.10. The number of hydrogen-bond acceptors (Lipinski definition) is 5. The second-order valence-corrected chi connectivity index (χ2v) is 7.23. The highest BCUT2D eigenvalue weighted by Gasteiger charge is 2.20. The Kier molecular flexibility index (Phi) is 4.31. The van der Waals surface area contributed by atoms with Gasteiger partial charge in [0.15, 0.2) is 9.84 Å². The summed E-state index contributed by atoms with van der Waals surface area (Å²) in [6.07, 6.45) is 3.02. The van der Waals surface area contributed by atoms with Crippen LogP contribution in [0, 0.1) is 0 Å². The molecule has 6 heteroatoms. The van der Waals surface area contributed by atoms with Crippen molar-refractivity contribution in [1.29, 1.82) is 0 Å². The Morgan fingerprint density at radius 3 is 2.58 bits per heavy atom. The zero-order chi connectivity index (χ0) is 17.2. The molecule has 0 spiro atoms. The van der Waals surface area contributed by atoms with Gasteiger partial charge < -0.3 is 14.3 Å². The van der Waals surface area contributed by atoms with Crippen molar-refractivity contribution in [2.75, 3.05) is 7.11 Å². The van der Waals surface area contributed by atoms with Gasteiger partial charge in [-0.3, -0.25) is 0 Å². The van der Waals surface area contributed by atoms with E-state index in [0.717, 1.165) is 5.56 Å². The third-order valence-corrected chi connectivity index (χ3v) is 5.38. The number of hydrogen-bond donors (Lipinski definition) is 1. The number of ether oxygens (including phenoxy) is 1. The van der Waals surface area contributed by atoms with Gasteiger partial charge >= 0.3 is 0 Å². The fraction of sp³-hybridized carbons (Fsp3) is 0.111. The van der Waals surface area contributed by atoms with Gasteiger partial charge in [0, 0.05) is 11.1 Å². The molecule has 1 heterocycles. The van der Waals surface area contributed by atoms with Crippen molar-refractivity contribution in [1.82, 2.24) is 0 Å². The second kappa shape index (κ2) is 6.41. The van der Waals surface area contributed by atoms with Crippen LogP contribution in [-0.4, -0.2) is 20.6 Å². The molecule has 0 atom stereocenters. The minimum Gasteiger partial charge on any atom is -0.507 e. The van der Waals surface area contributed by atoms with Gasteiger partial charge in [-0.15, -0.1) is 0 Å². The van der Waals surface area contributed by atoms with Crippen LogP contribution >= 0.6 is 0 Å². The number of benzene rings is 2. The minimum atomic E-state index is -3.59. The summed E-state index contributed by atoms with van der Waals surface area (Å²) in [4.78, 5) is 0.130. The number of phenolic OH excluding ortho intramolecular Hbond substituents is 1. The largest absolute Gasteiger partial charge is 0.507 e. The molecule has 24 heavy (non-hydrogen) atoms. The Balaban J connectivity index is 1.92. The van der Waals surface area contributed by atoms with Crippen molar-refractivity contribution in [2.45, 2.75) is 10.6 Å². The van der Waals surface area contributed by atoms with E-state index >= 15 is 0 Å². The first-order valence-corrected chi connectivity index (χ1v) is 8.87. The summed E-state index contributed by atoms with van der Waals surface area (Å²) in [5, 5.41) is 10.2. The fourth-order valence-electron chi connectivity index (χ4n) is 2.50. The number of sulfone groups is 1. The molecule has 0 radical (unpaired) electrons. The summed E-state index contributed by atoms with van der Waals surface area (Å²) < 4.78 is 35.4. The zero-order valence-corrected chi connectivity index (χ0v) is 13.8. The third kappa shape index (κ3) is 3.14. The topological polar surface area (TPSA) is 76.7 Å². The molecule has 124 valence electrons. The Morgan fingerprint density at radius 1 is 1.12 bits per heavy atom. The van der Waals surface area contributed by atoms with Crippen molar-refractivity contribution >= 4 is 9.84 Å².